The fraction of sp³-hybridized carbons (Fsp3) is 0.500. The predicted octanol–water partition coefficient (Wildman–Crippen LogP) is 4.49. The summed E-state index contributed by atoms with van der Waals surface area (Å²) in [5, 5.41) is 33.3. The van der Waals surface area contributed by atoms with Crippen molar-refractivity contribution >= 4 is 29.2 Å². The van der Waals surface area contributed by atoms with Gasteiger partial charge in [0.05, 0.1) is 11.0 Å². The van der Waals surface area contributed by atoms with Crippen LogP contribution in [0.1, 0.15) is 76.9 Å². The van der Waals surface area contributed by atoms with Crippen LogP contribution in [0.5, 0.6) is 17.2 Å². The zero-order valence-electron chi connectivity index (χ0n) is 22.0. The van der Waals surface area contributed by atoms with Gasteiger partial charge in [0.2, 0.25) is 0 Å². The summed E-state index contributed by atoms with van der Waals surface area (Å²) in [6.07, 6.45) is 2.76. The van der Waals surface area contributed by atoms with Gasteiger partial charge in [0.1, 0.15) is 40.1 Å². The van der Waals surface area contributed by atoms with Crippen LogP contribution < -0.4 is 4.74 Å². The van der Waals surface area contributed by atoms with Crippen LogP contribution in [0, 0.1) is 23.2 Å². The van der Waals surface area contributed by atoms with Gasteiger partial charge in [0, 0.05) is 29.4 Å². The average Bonchev–Trinajstić information content (AvgIpc) is 2.76. The molecular formula is C28H34O8. The molecule has 8 nitrogen and oxygen atoms in total. The molecule has 1 aromatic rings. The molecule has 0 saturated heterocycles. The Kier molecular flexibility index (Phi) is 6.72. The topological polar surface area (TPSA) is 138 Å². The molecule has 36 heavy (non-hydrogen) atoms. The van der Waals surface area contributed by atoms with E-state index < -0.39 is 75.6 Å². The zero-order chi connectivity index (χ0) is 27.5. The smallest absolute Gasteiger partial charge is 0.180 e. The fourth-order valence-electron chi connectivity index (χ4n) is 4.51. The first kappa shape index (κ1) is 27.2. The number of ether oxygens (including phenoxy) is 1. The van der Waals surface area contributed by atoms with Crippen LogP contribution in [0.25, 0.3) is 6.08 Å². The molecule has 0 bridgehead atoms. The Morgan fingerprint density at radius 2 is 1.56 bits per heavy atom. The number of phenols is 2. The molecular weight excluding hydrogens is 464 g/mol. The Hall–Kier alpha value is -3.42. The minimum Gasteiger partial charge on any atom is -0.511 e. The molecule has 8 heteroatoms. The number of carbonyl (C=O) groups excluding carboxylic acids is 4. The minimum absolute atomic E-state index is 0.0245. The molecule has 1 atom stereocenters. The molecule has 1 unspecified atom stereocenters. The number of benzene rings is 1. The molecule has 0 spiro atoms. The highest BCUT2D eigenvalue weighted by Gasteiger charge is 2.51. The third-order valence-electron chi connectivity index (χ3n) is 6.85. The summed E-state index contributed by atoms with van der Waals surface area (Å²) in [6.45, 7) is 12.8. The summed E-state index contributed by atoms with van der Waals surface area (Å²) >= 11 is 0. The molecule has 3 N–H and O–H groups in total. The molecule has 0 fully saturated rings. The first-order chi connectivity index (χ1) is 16.4. The number of carbonyl (C=O) groups is 4. The zero-order valence-corrected chi connectivity index (χ0v) is 22.0. The maximum Gasteiger partial charge on any atom is 0.180 e. The molecule has 1 aromatic carbocycles. The summed E-state index contributed by atoms with van der Waals surface area (Å²) < 4.78 is 5.95. The monoisotopic (exact) mass is 498 g/mol. The van der Waals surface area contributed by atoms with E-state index in [4.69, 9.17) is 4.74 Å². The SMILES string of the molecule is CC(C)C(=O)c1c(O)c(CC2=C(O)C(C)(C)C(=O)C(C(=O)C(C)C)C2=O)c(O)c2c1OC(C)(C)C=C2. The highest BCUT2D eigenvalue weighted by Crippen LogP contribution is 2.49. The maximum absolute atomic E-state index is 13.4. The molecule has 1 heterocycles. The number of fused-ring (bicyclic) bond motifs is 1. The molecule has 0 saturated carbocycles. The van der Waals surface area contributed by atoms with Gasteiger partial charge >= 0.3 is 0 Å². The lowest BCUT2D eigenvalue weighted by Crippen LogP contribution is -2.48. The van der Waals surface area contributed by atoms with E-state index in [1.54, 1.807) is 53.7 Å². The second kappa shape index (κ2) is 8.91. The van der Waals surface area contributed by atoms with Gasteiger partial charge in [-0.05, 0) is 39.8 Å². The third-order valence-corrected chi connectivity index (χ3v) is 6.85. The van der Waals surface area contributed by atoms with Gasteiger partial charge in [0.25, 0.3) is 0 Å². The number of hydrogen-bond donors (Lipinski definition) is 3. The van der Waals surface area contributed by atoms with Gasteiger partial charge in [-0.15, -0.1) is 0 Å². The second-order valence-electron chi connectivity index (χ2n) is 11.2. The summed E-state index contributed by atoms with van der Waals surface area (Å²) in [7, 11) is 0. The highest BCUT2D eigenvalue weighted by molar-refractivity contribution is 6.28. The Labute approximate surface area is 210 Å². The quantitative estimate of drug-likeness (QED) is 0.385. The van der Waals surface area contributed by atoms with Crippen molar-refractivity contribution in [2.75, 3.05) is 0 Å². The Balaban J connectivity index is 2.28. The number of aliphatic hydroxyl groups is 1. The first-order valence-electron chi connectivity index (χ1n) is 12.0. The number of aliphatic hydroxyl groups excluding tert-OH is 1. The number of rotatable bonds is 6. The van der Waals surface area contributed by atoms with Gasteiger partial charge < -0.3 is 20.1 Å². The molecule has 0 amide bonds. The van der Waals surface area contributed by atoms with E-state index in [0.717, 1.165) is 0 Å². The summed E-state index contributed by atoms with van der Waals surface area (Å²) in [6, 6.07) is 0. The van der Waals surface area contributed by atoms with E-state index >= 15 is 0 Å². The predicted molar refractivity (Wildman–Crippen MR) is 133 cm³/mol. The molecule has 0 radical (unpaired) electrons. The number of hydrogen-bond acceptors (Lipinski definition) is 8. The van der Waals surface area contributed by atoms with Gasteiger partial charge in [0.15, 0.2) is 23.1 Å². The summed E-state index contributed by atoms with van der Waals surface area (Å²) in [4.78, 5) is 52.3. The van der Waals surface area contributed by atoms with Gasteiger partial charge in [-0.1, -0.05) is 27.7 Å². The van der Waals surface area contributed by atoms with Crippen molar-refractivity contribution in [2.45, 2.75) is 67.4 Å². The van der Waals surface area contributed by atoms with E-state index in [2.05, 4.69) is 0 Å². The maximum atomic E-state index is 13.4. The average molecular weight is 499 g/mol. The standard InChI is InChI=1S/C28H34O8/c1-12(2)19(29)17-22(32)15(21(31)14-9-10-27(5,6)36-24(14)17)11-16-23(33)18(20(30)13(3)4)26(35)28(7,8)25(16)34/h9-10,12-13,18,31-32,34H,11H2,1-8H3. The Morgan fingerprint density at radius 3 is 2.08 bits per heavy atom. The van der Waals surface area contributed by atoms with Crippen LogP contribution in [0.2, 0.25) is 0 Å². The molecule has 0 aromatic heterocycles. The highest BCUT2D eigenvalue weighted by atomic mass is 16.5. The van der Waals surface area contributed by atoms with Crippen LogP contribution in [0.15, 0.2) is 17.4 Å². The van der Waals surface area contributed by atoms with Crippen molar-refractivity contribution in [3.05, 3.63) is 34.1 Å². The normalized spacial score (nSPS) is 20.6. The van der Waals surface area contributed by atoms with Crippen molar-refractivity contribution in [3.8, 4) is 17.2 Å². The van der Waals surface area contributed by atoms with Crippen LogP contribution >= 0.6 is 0 Å². The van der Waals surface area contributed by atoms with Crippen LogP contribution in [0.3, 0.4) is 0 Å². The summed E-state index contributed by atoms with van der Waals surface area (Å²) in [5.74, 6) is -6.84. The molecule has 2 aliphatic rings. The van der Waals surface area contributed by atoms with Gasteiger partial charge in [-0.25, -0.2) is 0 Å². The van der Waals surface area contributed by atoms with Crippen LogP contribution in [-0.4, -0.2) is 44.1 Å². The van der Waals surface area contributed by atoms with Gasteiger partial charge in [-0.2, -0.15) is 0 Å². The molecule has 1 aliphatic heterocycles. The lowest BCUT2D eigenvalue weighted by Gasteiger charge is -2.34. The van der Waals surface area contributed by atoms with Crippen molar-refractivity contribution < 1.29 is 39.2 Å². The Morgan fingerprint density at radius 1 is 0.972 bits per heavy atom. The van der Waals surface area contributed by atoms with E-state index in [9.17, 15) is 34.5 Å². The van der Waals surface area contributed by atoms with E-state index in [1.165, 1.54) is 13.8 Å². The van der Waals surface area contributed by atoms with E-state index in [1.807, 2.05) is 0 Å². The van der Waals surface area contributed by atoms with Gasteiger partial charge in [-0.3, -0.25) is 19.2 Å². The number of aromatic hydroxyl groups is 2. The van der Waals surface area contributed by atoms with Crippen molar-refractivity contribution in [3.63, 3.8) is 0 Å². The third kappa shape index (κ3) is 4.22. The first-order valence-corrected chi connectivity index (χ1v) is 12.0. The number of ketones is 4. The Bertz CT molecular complexity index is 1240. The number of phenolic OH excluding ortho intramolecular Hbond substituents is 2. The number of allylic oxidation sites excluding steroid dienone is 2. The van der Waals surface area contributed by atoms with Crippen LogP contribution in [-0.2, 0) is 20.8 Å². The van der Waals surface area contributed by atoms with Crippen molar-refractivity contribution in [2.24, 2.45) is 23.2 Å². The van der Waals surface area contributed by atoms with E-state index in [-0.39, 0.29) is 28.0 Å². The largest absolute Gasteiger partial charge is 0.511 e. The van der Waals surface area contributed by atoms with E-state index in [0.29, 0.717) is 0 Å². The molecule has 1 aliphatic carbocycles. The lowest BCUT2D eigenvalue weighted by atomic mass is 9.67. The van der Waals surface area contributed by atoms with Crippen LogP contribution in [0.4, 0.5) is 0 Å². The summed E-state index contributed by atoms with van der Waals surface area (Å²) in [5.41, 5.74) is -2.79. The molecule has 3 rings (SSSR count). The lowest BCUT2D eigenvalue weighted by molar-refractivity contribution is -0.145. The fourth-order valence-corrected chi connectivity index (χ4v) is 4.51. The van der Waals surface area contributed by atoms with Crippen molar-refractivity contribution in [1.29, 1.82) is 0 Å². The second-order valence-corrected chi connectivity index (χ2v) is 11.2. The number of Topliss-reactive ketones (excluding diaryl/α,β-unsaturated/α-hetero) is 4. The molecule has 194 valence electrons. The van der Waals surface area contributed by atoms with Crippen molar-refractivity contribution in [1.82, 2.24) is 0 Å². The minimum atomic E-state index is -1.60.